The van der Waals surface area contributed by atoms with E-state index in [0.29, 0.717) is 13.0 Å². The lowest BCUT2D eigenvalue weighted by Gasteiger charge is -2.10. The van der Waals surface area contributed by atoms with Gasteiger partial charge in [0.15, 0.2) is 0 Å². The van der Waals surface area contributed by atoms with E-state index in [0.717, 1.165) is 16.6 Å². The van der Waals surface area contributed by atoms with Crippen LogP contribution >= 0.6 is 0 Å². The molecule has 88 valence electrons. The number of carbonyl (C=O) groups is 1. The predicted octanol–water partition coefficient (Wildman–Crippen LogP) is 1.30. The second-order valence-electron chi connectivity index (χ2n) is 4.38. The average Bonchev–Trinajstić information content (AvgIpc) is 2.97. The van der Waals surface area contributed by atoms with Crippen LogP contribution in [0.25, 0.3) is 11.0 Å². The molecule has 5 nitrogen and oxygen atoms in total. The molecule has 0 saturated carbocycles. The van der Waals surface area contributed by atoms with Gasteiger partial charge in [-0.05, 0) is 18.1 Å². The number of H-pyrrole nitrogens is 1. The fourth-order valence-corrected chi connectivity index (χ4v) is 2.43. The number of aromatic nitrogens is 2. The molecule has 1 aromatic heterocycles. The van der Waals surface area contributed by atoms with E-state index in [2.05, 4.69) is 15.3 Å². The maximum Gasteiger partial charge on any atom is 0.307 e. The van der Waals surface area contributed by atoms with Crippen LogP contribution < -0.4 is 5.32 Å². The number of fused-ring (bicyclic) bond motifs is 1. The molecular weight excluding hydrogens is 218 g/mol. The summed E-state index contributed by atoms with van der Waals surface area (Å²) in [5.74, 6) is -1.02. The van der Waals surface area contributed by atoms with Crippen molar-refractivity contribution in [3.05, 3.63) is 30.1 Å². The van der Waals surface area contributed by atoms with Gasteiger partial charge in [-0.1, -0.05) is 12.1 Å². The number of imidazole rings is 1. The number of aliphatic carboxylic acids is 1. The van der Waals surface area contributed by atoms with E-state index >= 15 is 0 Å². The highest BCUT2D eigenvalue weighted by atomic mass is 16.4. The average molecular weight is 231 g/mol. The molecule has 2 unspecified atom stereocenters. The molecule has 3 N–H and O–H groups in total. The summed E-state index contributed by atoms with van der Waals surface area (Å²) in [5, 5.41) is 12.2. The zero-order chi connectivity index (χ0) is 11.8. The first kappa shape index (κ1) is 10.3. The van der Waals surface area contributed by atoms with Crippen molar-refractivity contribution in [2.24, 2.45) is 5.92 Å². The molecule has 0 bridgehead atoms. The van der Waals surface area contributed by atoms with Gasteiger partial charge in [0, 0.05) is 12.6 Å². The van der Waals surface area contributed by atoms with Crippen molar-refractivity contribution in [2.45, 2.75) is 12.5 Å². The molecule has 1 aromatic carbocycles. The first-order chi connectivity index (χ1) is 8.25. The van der Waals surface area contributed by atoms with E-state index < -0.39 is 5.97 Å². The summed E-state index contributed by atoms with van der Waals surface area (Å²) in [5.41, 5.74) is 2.99. The second kappa shape index (κ2) is 3.85. The van der Waals surface area contributed by atoms with Crippen LogP contribution in [0.15, 0.2) is 24.5 Å². The molecule has 2 heterocycles. The molecule has 3 rings (SSSR count). The van der Waals surface area contributed by atoms with Gasteiger partial charge in [-0.3, -0.25) is 4.79 Å². The number of hydrogen-bond acceptors (Lipinski definition) is 3. The lowest BCUT2D eigenvalue weighted by Crippen LogP contribution is -2.17. The summed E-state index contributed by atoms with van der Waals surface area (Å²) in [7, 11) is 0. The Balaban J connectivity index is 1.95. The maximum atomic E-state index is 10.9. The molecule has 2 atom stereocenters. The number of benzene rings is 1. The maximum absolute atomic E-state index is 10.9. The van der Waals surface area contributed by atoms with Crippen LogP contribution in [-0.2, 0) is 4.79 Å². The Morgan fingerprint density at radius 2 is 2.35 bits per heavy atom. The molecule has 1 saturated heterocycles. The molecule has 1 aliphatic heterocycles. The normalized spacial score (nSPS) is 24.2. The van der Waals surface area contributed by atoms with Gasteiger partial charge < -0.3 is 15.4 Å². The number of hydrogen-bond donors (Lipinski definition) is 3. The molecule has 0 spiro atoms. The van der Waals surface area contributed by atoms with E-state index in [-0.39, 0.29) is 12.0 Å². The van der Waals surface area contributed by atoms with Crippen molar-refractivity contribution in [1.82, 2.24) is 15.3 Å². The highest BCUT2D eigenvalue weighted by Gasteiger charge is 2.31. The van der Waals surface area contributed by atoms with E-state index in [1.165, 1.54) is 0 Å². The minimum absolute atomic E-state index is 0.0862. The highest BCUT2D eigenvalue weighted by molar-refractivity contribution is 5.79. The predicted molar refractivity (Wildman–Crippen MR) is 62.6 cm³/mol. The van der Waals surface area contributed by atoms with Crippen molar-refractivity contribution >= 4 is 17.0 Å². The van der Waals surface area contributed by atoms with Crippen molar-refractivity contribution in [2.75, 3.05) is 6.54 Å². The molecule has 2 aromatic rings. The molecule has 0 aliphatic carbocycles. The summed E-state index contributed by atoms with van der Waals surface area (Å²) in [6.45, 7) is 0.529. The summed E-state index contributed by atoms with van der Waals surface area (Å²) >= 11 is 0. The highest BCUT2D eigenvalue weighted by Crippen LogP contribution is 2.30. The topological polar surface area (TPSA) is 78.0 Å². The first-order valence-electron chi connectivity index (χ1n) is 5.64. The third-order valence-corrected chi connectivity index (χ3v) is 3.34. The van der Waals surface area contributed by atoms with Crippen LogP contribution in [0.2, 0.25) is 0 Å². The van der Waals surface area contributed by atoms with E-state index in [9.17, 15) is 4.79 Å². The summed E-state index contributed by atoms with van der Waals surface area (Å²) < 4.78 is 0. The zero-order valence-corrected chi connectivity index (χ0v) is 9.18. The summed E-state index contributed by atoms with van der Waals surface area (Å²) in [6.07, 6.45) is 2.29. The Kier molecular flexibility index (Phi) is 2.33. The third-order valence-electron chi connectivity index (χ3n) is 3.34. The number of para-hydroxylation sites is 1. The minimum Gasteiger partial charge on any atom is -0.481 e. The SMILES string of the molecule is O=C(O)C1CNC(c2cccc3[nH]cnc23)C1. The molecule has 17 heavy (non-hydrogen) atoms. The number of rotatable bonds is 2. The van der Waals surface area contributed by atoms with E-state index in [4.69, 9.17) is 5.11 Å². The van der Waals surface area contributed by atoms with E-state index in [1.54, 1.807) is 6.33 Å². The van der Waals surface area contributed by atoms with Crippen LogP contribution in [0.4, 0.5) is 0 Å². The molecule has 5 heteroatoms. The second-order valence-corrected chi connectivity index (χ2v) is 4.38. The van der Waals surface area contributed by atoms with Gasteiger partial charge >= 0.3 is 5.97 Å². The zero-order valence-electron chi connectivity index (χ0n) is 9.18. The Hall–Kier alpha value is -1.88. The van der Waals surface area contributed by atoms with Gasteiger partial charge in [0.1, 0.15) is 0 Å². The summed E-state index contributed by atoms with van der Waals surface area (Å²) in [6, 6.07) is 6.02. The van der Waals surface area contributed by atoms with Gasteiger partial charge in [-0.15, -0.1) is 0 Å². The lowest BCUT2D eigenvalue weighted by atomic mass is 9.99. The van der Waals surface area contributed by atoms with Crippen molar-refractivity contribution in [3.63, 3.8) is 0 Å². The summed E-state index contributed by atoms with van der Waals surface area (Å²) in [4.78, 5) is 18.3. The molecular formula is C12H13N3O2. The van der Waals surface area contributed by atoms with E-state index in [1.807, 2.05) is 18.2 Å². The number of carboxylic acids is 1. The Morgan fingerprint density at radius 3 is 3.12 bits per heavy atom. The number of carboxylic acid groups (broad SMARTS) is 1. The molecule has 1 aliphatic rings. The third kappa shape index (κ3) is 1.68. The Labute approximate surface area is 97.9 Å². The monoisotopic (exact) mass is 231 g/mol. The first-order valence-corrected chi connectivity index (χ1v) is 5.64. The van der Waals surface area contributed by atoms with Crippen molar-refractivity contribution in [3.8, 4) is 0 Å². The van der Waals surface area contributed by atoms with Gasteiger partial charge in [-0.25, -0.2) is 4.98 Å². The molecule has 1 fully saturated rings. The van der Waals surface area contributed by atoms with Crippen LogP contribution in [0.5, 0.6) is 0 Å². The number of nitrogens with one attached hydrogen (secondary N) is 2. The van der Waals surface area contributed by atoms with Crippen LogP contribution in [0, 0.1) is 5.92 Å². The quantitative estimate of drug-likeness (QED) is 0.728. The standard InChI is InChI=1S/C12H13N3O2/c16-12(17)7-4-10(13-5-7)8-2-1-3-9-11(8)15-6-14-9/h1-3,6-7,10,13H,4-5H2,(H,14,15)(H,16,17). The Bertz CT molecular complexity index is 564. The number of nitrogens with zero attached hydrogens (tertiary/aromatic N) is 1. The largest absolute Gasteiger partial charge is 0.481 e. The fourth-order valence-electron chi connectivity index (χ4n) is 2.43. The van der Waals surface area contributed by atoms with Crippen LogP contribution in [-0.4, -0.2) is 27.6 Å². The molecule has 0 amide bonds. The van der Waals surface area contributed by atoms with Crippen LogP contribution in [0.1, 0.15) is 18.0 Å². The van der Waals surface area contributed by atoms with Crippen molar-refractivity contribution in [1.29, 1.82) is 0 Å². The number of aromatic amines is 1. The fraction of sp³-hybridized carbons (Fsp3) is 0.333. The van der Waals surface area contributed by atoms with Crippen LogP contribution in [0.3, 0.4) is 0 Å². The van der Waals surface area contributed by atoms with Gasteiger partial charge in [0.2, 0.25) is 0 Å². The lowest BCUT2D eigenvalue weighted by molar-refractivity contribution is -0.141. The van der Waals surface area contributed by atoms with Crippen molar-refractivity contribution < 1.29 is 9.90 Å². The van der Waals surface area contributed by atoms with Gasteiger partial charge in [0.25, 0.3) is 0 Å². The smallest absolute Gasteiger partial charge is 0.307 e. The van der Waals surface area contributed by atoms with Gasteiger partial charge in [-0.2, -0.15) is 0 Å². The van der Waals surface area contributed by atoms with Gasteiger partial charge in [0.05, 0.1) is 23.3 Å². The Morgan fingerprint density at radius 1 is 1.47 bits per heavy atom. The molecule has 0 radical (unpaired) electrons. The minimum atomic E-state index is -0.728.